The van der Waals surface area contributed by atoms with E-state index in [9.17, 15) is 0 Å². The first kappa shape index (κ1) is 16.9. The lowest BCUT2D eigenvalue weighted by Gasteiger charge is -2.05. The van der Waals surface area contributed by atoms with Crippen LogP contribution in [0.15, 0.2) is 58.2 Å². The largest absolute Gasteiger partial charge is 0.265 e. The van der Waals surface area contributed by atoms with Crippen LogP contribution in [-0.2, 0) is 0 Å². The fraction of sp³-hybridized carbons (Fsp3) is 0.118. The molecule has 0 fully saturated rings. The Bertz CT molecular complexity index is 929. The van der Waals surface area contributed by atoms with Crippen LogP contribution < -0.4 is 4.80 Å². The lowest BCUT2D eigenvalue weighted by molar-refractivity contribution is 0.833. The maximum Gasteiger partial charge on any atom is 0.206 e. The van der Waals surface area contributed by atoms with Gasteiger partial charge in [0.1, 0.15) is 0 Å². The second-order valence-corrected chi connectivity index (χ2v) is 6.49. The molecule has 0 unspecified atom stereocenters. The molecule has 2 aromatic heterocycles. The van der Waals surface area contributed by atoms with Crippen molar-refractivity contribution in [3.63, 3.8) is 0 Å². The second kappa shape index (κ2) is 7.75. The summed E-state index contributed by atoms with van der Waals surface area (Å²) in [6, 6.07) is 9.33. The molecule has 0 radical (unpaired) electrons. The zero-order valence-corrected chi connectivity index (χ0v) is 15.2. The number of thiazole rings is 1. The first-order chi connectivity index (χ1) is 11.7. The van der Waals surface area contributed by atoms with E-state index in [0.717, 1.165) is 21.6 Å². The van der Waals surface area contributed by atoms with Gasteiger partial charge in [0.15, 0.2) is 0 Å². The highest BCUT2D eigenvalue weighted by Crippen LogP contribution is 2.28. The van der Waals surface area contributed by atoms with Gasteiger partial charge in [-0.3, -0.25) is 9.98 Å². The van der Waals surface area contributed by atoms with Gasteiger partial charge in [-0.15, -0.1) is 11.3 Å². The molecule has 24 heavy (non-hydrogen) atoms. The summed E-state index contributed by atoms with van der Waals surface area (Å²) in [6.45, 7) is 2.68. The molecule has 0 spiro atoms. The first-order valence-corrected chi connectivity index (χ1v) is 8.93. The molecule has 0 aliphatic heterocycles. The van der Waals surface area contributed by atoms with Crippen LogP contribution >= 0.6 is 34.5 Å². The third-order valence-electron chi connectivity index (χ3n) is 3.22. The summed E-state index contributed by atoms with van der Waals surface area (Å²) in [5.41, 5.74) is 2.81. The SMILES string of the molecule is CCN=c1scc(-c2ccc(Cl)c(Cl)c2)n1N=Cc1ccncc1. The van der Waals surface area contributed by atoms with Gasteiger partial charge in [-0.05, 0) is 36.8 Å². The van der Waals surface area contributed by atoms with Crippen molar-refractivity contribution in [2.45, 2.75) is 6.92 Å². The Morgan fingerprint density at radius 1 is 1.17 bits per heavy atom. The van der Waals surface area contributed by atoms with E-state index in [0.29, 0.717) is 16.6 Å². The molecule has 0 bridgehead atoms. The standard InChI is InChI=1S/C17H14Cl2N4S/c1-2-21-17-23(22-10-12-5-7-20-8-6-12)16(11-24-17)13-3-4-14(18)15(19)9-13/h3-11H,2H2,1H3. The van der Waals surface area contributed by atoms with Crippen LogP contribution in [0, 0.1) is 0 Å². The van der Waals surface area contributed by atoms with E-state index in [4.69, 9.17) is 23.2 Å². The summed E-state index contributed by atoms with van der Waals surface area (Å²) in [7, 11) is 0. The van der Waals surface area contributed by atoms with Crippen LogP contribution in [-0.4, -0.2) is 22.4 Å². The number of aromatic nitrogens is 2. The van der Waals surface area contributed by atoms with Crippen LogP contribution in [0.5, 0.6) is 0 Å². The number of nitrogens with zero attached hydrogens (tertiary/aromatic N) is 4. The van der Waals surface area contributed by atoms with Crippen molar-refractivity contribution in [2.24, 2.45) is 10.1 Å². The normalized spacial score (nSPS) is 12.2. The molecule has 7 heteroatoms. The van der Waals surface area contributed by atoms with Gasteiger partial charge in [0.05, 0.1) is 22.0 Å². The van der Waals surface area contributed by atoms with Gasteiger partial charge in [-0.1, -0.05) is 29.3 Å². The van der Waals surface area contributed by atoms with Crippen LogP contribution in [0.2, 0.25) is 10.0 Å². The summed E-state index contributed by atoms with van der Waals surface area (Å²) in [6.07, 6.45) is 5.25. The Balaban J connectivity index is 2.09. The van der Waals surface area contributed by atoms with Crippen molar-refractivity contribution in [1.29, 1.82) is 0 Å². The minimum Gasteiger partial charge on any atom is -0.265 e. The number of hydrogen-bond acceptors (Lipinski definition) is 4. The fourth-order valence-electron chi connectivity index (χ4n) is 2.08. The number of halogens is 2. The van der Waals surface area contributed by atoms with Gasteiger partial charge in [0, 0.05) is 29.9 Å². The van der Waals surface area contributed by atoms with E-state index in [-0.39, 0.29) is 0 Å². The molecular weight excluding hydrogens is 363 g/mol. The smallest absolute Gasteiger partial charge is 0.206 e. The second-order valence-electron chi connectivity index (χ2n) is 4.84. The maximum atomic E-state index is 6.15. The molecule has 0 aliphatic carbocycles. The minimum absolute atomic E-state index is 0.513. The number of rotatable bonds is 4. The van der Waals surface area contributed by atoms with Crippen LogP contribution in [0.1, 0.15) is 12.5 Å². The van der Waals surface area contributed by atoms with Crippen LogP contribution in [0.4, 0.5) is 0 Å². The lowest BCUT2D eigenvalue weighted by atomic mass is 10.2. The molecule has 4 nitrogen and oxygen atoms in total. The van der Waals surface area contributed by atoms with Crippen molar-refractivity contribution >= 4 is 40.8 Å². The minimum atomic E-state index is 0.513. The number of hydrogen-bond donors (Lipinski definition) is 0. The maximum absolute atomic E-state index is 6.15. The van der Waals surface area contributed by atoms with Crippen molar-refractivity contribution in [3.05, 3.63) is 68.5 Å². The van der Waals surface area contributed by atoms with Gasteiger partial charge in [-0.25, -0.2) is 4.68 Å². The van der Waals surface area contributed by atoms with Crippen LogP contribution in [0.25, 0.3) is 11.3 Å². The number of benzene rings is 1. The Hall–Kier alpha value is -1.95. The van der Waals surface area contributed by atoms with E-state index in [2.05, 4.69) is 15.1 Å². The Kier molecular flexibility index (Phi) is 5.45. The summed E-state index contributed by atoms with van der Waals surface area (Å²) in [5.74, 6) is 0. The van der Waals surface area contributed by atoms with Crippen molar-refractivity contribution in [1.82, 2.24) is 9.66 Å². The van der Waals surface area contributed by atoms with Gasteiger partial charge < -0.3 is 0 Å². The first-order valence-electron chi connectivity index (χ1n) is 7.30. The molecule has 122 valence electrons. The van der Waals surface area contributed by atoms with Crippen molar-refractivity contribution in [3.8, 4) is 11.3 Å². The zero-order valence-electron chi connectivity index (χ0n) is 12.9. The Morgan fingerprint density at radius 2 is 1.96 bits per heavy atom. The van der Waals surface area contributed by atoms with Gasteiger partial charge in [0.2, 0.25) is 4.80 Å². The predicted octanol–water partition coefficient (Wildman–Crippen LogP) is 4.72. The zero-order chi connectivity index (χ0) is 16.9. The lowest BCUT2D eigenvalue weighted by Crippen LogP contribution is -2.12. The van der Waals surface area contributed by atoms with Gasteiger partial charge in [-0.2, -0.15) is 5.10 Å². The Labute approximate surface area is 153 Å². The summed E-state index contributed by atoms with van der Waals surface area (Å²) in [5, 5.41) is 7.64. The fourth-order valence-corrected chi connectivity index (χ4v) is 3.28. The monoisotopic (exact) mass is 376 g/mol. The summed E-state index contributed by atoms with van der Waals surface area (Å²) >= 11 is 13.7. The topological polar surface area (TPSA) is 42.5 Å². The molecule has 0 amide bonds. The predicted molar refractivity (Wildman–Crippen MR) is 101 cm³/mol. The molecule has 3 rings (SSSR count). The quantitative estimate of drug-likeness (QED) is 0.607. The third kappa shape index (κ3) is 3.75. The van der Waals surface area contributed by atoms with Gasteiger partial charge >= 0.3 is 0 Å². The number of pyridine rings is 1. The average Bonchev–Trinajstić information content (AvgIpc) is 2.99. The molecule has 0 saturated heterocycles. The van der Waals surface area contributed by atoms with E-state index in [1.54, 1.807) is 24.7 Å². The van der Waals surface area contributed by atoms with E-state index in [1.807, 2.05) is 41.2 Å². The highest BCUT2D eigenvalue weighted by molar-refractivity contribution is 7.07. The molecular formula is C17H14Cl2N4S. The van der Waals surface area contributed by atoms with E-state index in [1.165, 1.54) is 11.3 Å². The molecule has 0 aliphatic rings. The highest BCUT2D eigenvalue weighted by Gasteiger charge is 2.09. The van der Waals surface area contributed by atoms with Gasteiger partial charge in [0.25, 0.3) is 0 Å². The Morgan fingerprint density at radius 3 is 2.67 bits per heavy atom. The molecule has 2 heterocycles. The third-order valence-corrected chi connectivity index (χ3v) is 4.82. The average molecular weight is 377 g/mol. The molecule has 0 atom stereocenters. The summed E-state index contributed by atoms with van der Waals surface area (Å²) < 4.78 is 1.81. The highest BCUT2D eigenvalue weighted by atomic mass is 35.5. The molecule has 0 N–H and O–H groups in total. The molecule has 3 aromatic rings. The van der Waals surface area contributed by atoms with Crippen molar-refractivity contribution in [2.75, 3.05) is 6.54 Å². The molecule has 1 aromatic carbocycles. The molecule has 0 saturated carbocycles. The van der Waals surface area contributed by atoms with E-state index >= 15 is 0 Å². The van der Waals surface area contributed by atoms with Crippen molar-refractivity contribution < 1.29 is 0 Å². The van der Waals surface area contributed by atoms with Crippen LogP contribution in [0.3, 0.4) is 0 Å². The summed E-state index contributed by atoms with van der Waals surface area (Å²) in [4.78, 5) is 9.33. The van der Waals surface area contributed by atoms with E-state index < -0.39 is 0 Å².